The molecular weight excluding hydrogens is 476 g/mol. The zero-order chi connectivity index (χ0) is 27.0. The molecule has 0 aromatic heterocycles. The Balaban J connectivity index is 1.12. The summed E-state index contributed by atoms with van der Waals surface area (Å²) >= 11 is 0. The van der Waals surface area contributed by atoms with Crippen molar-refractivity contribution in [3.63, 3.8) is 0 Å². The molecule has 2 heteroatoms. The Hall–Kier alpha value is -2.61. The molecule has 2 aliphatic rings. The van der Waals surface area contributed by atoms with E-state index in [1.165, 1.54) is 100.0 Å². The van der Waals surface area contributed by atoms with Crippen LogP contribution in [0.4, 0.5) is 0 Å². The molecule has 2 saturated carbocycles. The fourth-order valence-electron chi connectivity index (χ4n) is 7.41. The summed E-state index contributed by atoms with van der Waals surface area (Å²) in [6.07, 6.45) is 18.9. The van der Waals surface area contributed by atoms with Crippen molar-refractivity contribution in [2.24, 2.45) is 17.8 Å². The molecule has 0 aliphatic heterocycles. The second-order valence-electron chi connectivity index (χ2n) is 12.5. The summed E-state index contributed by atoms with van der Waals surface area (Å²) < 4.78 is 5.76. The van der Waals surface area contributed by atoms with Crippen molar-refractivity contribution in [3.05, 3.63) is 77.4 Å². The summed E-state index contributed by atoms with van der Waals surface area (Å²) in [6, 6.07) is 20.8. The van der Waals surface area contributed by atoms with Gasteiger partial charge in [-0.15, -0.1) is 0 Å². The maximum absolute atomic E-state index is 12.9. The predicted octanol–water partition coefficient (Wildman–Crippen LogP) is 10.7. The Kier molecular flexibility index (Phi) is 9.77. The minimum atomic E-state index is -0.286. The number of carbonyl (C=O) groups is 1. The van der Waals surface area contributed by atoms with Gasteiger partial charge in [-0.25, -0.2) is 4.79 Å². The molecule has 208 valence electrons. The standard InChI is InChI=1S/C37H48O2/c1-3-5-6-8-28-11-14-34-26-35(20-19-33(34)25-28)37(38)39-36-23-21-32(22-24-36)31-17-15-30(16-18-31)29-12-9-27(7-4-2)10-13-29/h11,14,19-27,29-31H,3-10,12-13,15-18H2,1-2H3/t27-,29-,30?,31?. The van der Waals surface area contributed by atoms with E-state index in [2.05, 4.69) is 44.2 Å². The summed E-state index contributed by atoms with van der Waals surface area (Å²) in [5.41, 5.74) is 3.38. The number of aryl methyl sites for hydroxylation is 1. The van der Waals surface area contributed by atoms with Gasteiger partial charge < -0.3 is 4.74 Å². The molecule has 3 aromatic rings. The van der Waals surface area contributed by atoms with Crippen LogP contribution < -0.4 is 4.74 Å². The lowest BCUT2D eigenvalue weighted by molar-refractivity contribution is 0.0735. The number of hydrogen-bond acceptors (Lipinski definition) is 2. The number of carbonyl (C=O) groups excluding carboxylic acids is 1. The molecule has 0 N–H and O–H groups in total. The first kappa shape index (κ1) is 27.9. The van der Waals surface area contributed by atoms with Crippen LogP contribution in [-0.4, -0.2) is 5.97 Å². The highest BCUT2D eigenvalue weighted by Gasteiger charge is 2.31. The highest BCUT2D eigenvalue weighted by molar-refractivity contribution is 5.96. The van der Waals surface area contributed by atoms with Crippen LogP contribution in [0.3, 0.4) is 0 Å². The molecule has 3 aromatic carbocycles. The van der Waals surface area contributed by atoms with Gasteiger partial charge in [-0.3, -0.25) is 0 Å². The van der Waals surface area contributed by atoms with Gasteiger partial charge in [0.15, 0.2) is 0 Å². The van der Waals surface area contributed by atoms with Crippen LogP contribution >= 0.6 is 0 Å². The van der Waals surface area contributed by atoms with Crippen molar-refractivity contribution in [1.29, 1.82) is 0 Å². The van der Waals surface area contributed by atoms with E-state index in [4.69, 9.17) is 4.74 Å². The summed E-state index contributed by atoms with van der Waals surface area (Å²) in [5.74, 6) is 3.92. The maximum atomic E-state index is 12.9. The van der Waals surface area contributed by atoms with Crippen LogP contribution in [0.2, 0.25) is 0 Å². The van der Waals surface area contributed by atoms with Crippen LogP contribution in [-0.2, 0) is 6.42 Å². The van der Waals surface area contributed by atoms with Crippen molar-refractivity contribution >= 4 is 16.7 Å². The van der Waals surface area contributed by atoms with Crippen molar-refractivity contribution in [1.82, 2.24) is 0 Å². The number of hydrogen-bond donors (Lipinski definition) is 0. The third-order valence-electron chi connectivity index (χ3n) is 9.80. The largest absolute Gasteiger partial charge is 0.423 e. The molecule has 2 fully saturated rings. The van der Waals surface area contributed by atoms with Gasteiger partial charge in [0.05, 0.1) is 5.56 Å². The lowest BCUT2D eigenvalue weighted by Crippen LogP contribution is -2.25. The van der Waals surface area contributed by atoms with Gasteiger partial charge in [-0.1, -0.05) is 88.8 Å². The molecule has 2 aliphatic carbocycles. The van der Waals surface area contributed by atoms with Gasteiger partial charge in [-0.2, -0.15) is 0 Å². The molecule has 0 unspecified atom stereocenters. The average molecular weight is 525 g/mol. The Morgan fingerprint density at radius 3 is 2.08 bits per heavy atom. The van der Waals surface area contributed by atoms with Crippen LogP contribution in [0.1, 0.15) is 125 Å². The van der Waals surface area contributed by atoms with Gasteiger partial charge in [0.1, 0.15) is 5.75 Å². The summed E-state index contributed by atoms with van der Waals surface area (Å²) in [7, 11) is 0. The van der Waals surface area contributed by atoms with Crippen LogP contribution in [0, 0.1) is 17.8 Å². The number of unbranched alkanes of at least 4 members (excludes halogenated alkanes) is 2. The van der Waals surface area contributed by atoms with Crippen LogP contribution in [0.15, 0.2) is 60.7 Å². The Labute approximate surface area is 236 Å². The van der Waals surface area contributed by atoms with Gasteiger partial charge in [0.25, 0.3) is 0 Å². The van der Waals surface area contributed by atoms with Gasteiger partial charge in [0.2, 0.25) is 0 Å². The summed E-state index contributed by atoms with van der Waals surface area (Å²) in [6.45, 7) is 4.57. The average Bonchev–Trinajstić information content (AvgIpc) is 2.98. The maximum Gasteiger partial charge on any atom is 0.343 e. The smallest absolute Gasteiger partial charge is 0.343 e. The Morgan fingerprint density at radius 2 is 1.38 bits per heavy atom. The predicted molar refractivity (Wildman–Crippen MR) is 164 cm³/mol. The van der Waals surface area contributed by atoms with E-state index < -0.39 is 0 Å². The number of esters is 1. The minimum absolute atomic E-state index is 0.286. The highest BCUT2D eigenvalue weighted by Crippen LogP contribution is 2.44. The first-order valence-corrected chi connectivity index (χ1v) is 16.0. The summed E-state index contributed by atoms with van der Waals surface area (Å²) in [5, 5.41) is 2.27. The number of rotatable bonds is 10. The van der Waals surface area contributed by atoms with Crippen molar-refractivity contribution in [2.45, 2.75) is 110 Å². The topological polar surface area (TPSA) is 26.3 Å². The molecule has 5 rings (SSSR count). The van der Waals surface area contributed by atoms with Crippen LogP contribution in [0.25, 0.3) is 10.8 Å². The van der Waals surface area contributed by atoms with E-state index in [0.29, 0.717) is 17.2 Å². The monoisotopic (exact) mass is 524 g/mol. The fraction of sp³-hybridized carbons (Fsp3) is 0.541. The zero-order valence-electron chi connectivity index (χ0n) is 24.3. The van der Waals surface area contributed by atoms with Gasteiger partial charge in [0, 0.05) is 0 Å². The Bertz CT molecular complexity index is 1190. The van der Waals surface area contributed by atoms with E-state index in [9.17, 15) is 4.79 Å². The van der Waals surface area contributed by atoms with Crippen molar-refractivity contribution in [3.8, 4) is 5.75 Å². The van der Waals surface area contributed by atoms with Gasteiger partial charge in [-0.05, 0) is 121 Å². The molecule has 0 amide bonds. The molecule has 0 spiro atoms. The number of fused-ring (bicyclic) bond motifs is 1. The molecule has 0 bridgehead atoms. The lowest BCUT2D eigenvalue weighted by atomic mass is 9.68. The highest BCUT2D eigenvalue weighted by atomic mass is 16.5. The molecule has 0 heterocycles. The normalized spacial score (nSPS) is 23.5. The molecule has 39 heavy (non-hydrogen) atoms. The Morgan fingerprint density at radius 1 is 0.718 bits per heavy atom. The minimum Gasteiger partial charge on any atom is -0.423 e. The van der Waals surface area contributed by atoms with Gasteiger partial charge >= 0.3 is 5.97 Å². The second kappa shape index (κ2) is 13.6. The first-order chi connectivity index (χ1) is 19.1. The van der Waals surface area contributed by atoms with Crippen LogP contribution in [0.5, 0.6) is 5.75 Å². The zero-order valence-corrected chi connectivity index (χ0v) is 24.3. The third-order valence-corrected chi connectivity index (χ3v) is 9.80. The van der Waals surface area contributed by atoms with E-state index >= 15 is 0 Å². The van der Waals surface area contributed by atoms with Crippen molar-refractivity contribution < 1.29 is 9.53 Å². The second-order valence-corrected chi connectivity index (χ2v) is 12.5. The SMILES string of the molecule is CCCCCc1ccc2cc(C(=O)Oc3ccc(C4CCC([C@H]5CC[C@H](CCC)CC5)CC4)cc3)ccc2c1. The number of benzene rings is 3. The molecule has 0 radical (unpaired) electrons. The molecule has 0 saturated heterocycles. The first-order valence-electron chi connectivity index (χ1n) is 16.0. The molecular formula is C37H48O2. The van der Waals surface area contributed by atoms with E-state index in [-0.39, 0.29) is 5.97 Å². The molecule has 2 nitrogen and oxygen atoms in total. The summed E-state index contributed by atoms with van der Waals surface area (Å²) in [4.78, 5) is 12.9. The van der Waals surface area contributed by atoms with E-state index in [1.54, 1.807) is 0 Å². The molecule has 0 atom stereocenters. The van der Waals surface area contributed by atoms with Crippen molar-refractivity contribution in [2.75, 3.05) is 0 Å². The number of ether oxygens (including phenoxy) is 1. The van der Waals surface area contributed by atoms with E-state index in [1.807, 2.05) is 30.3 Å². The quantitative estimate of drug-likeness (QED) is 0.150. The third kappa shape index (κ3) is 7.33. The lowest BCUT2D eigenvalue weighted by Gasteiger charge is -2.38. The fourth-order valence-corrected chi connectivity index (χ4v) is 7.41. The van der Waals surface area contributed by atoms with E-state index in [0.717, 1.165) is 29.6 Å².